The summed E-state index contributed by atoms with van der Waals surface area (Å²) < 4.78 is 25.2. The van der Waals surface area contributed by atoms with Crippen LogP contribution in [0, 0.1) is 0 Å². The zero-order valence-electron chi connectivity index (χ0n) is 39.1. The average Bonchev–Trinajstić information content (AvgIpc) is 3.89. The van der Waals surface area contributed by atoms with Crippen molar-refractivity contribution in [3.63, 3.8) is 0 Å². The van der Waals surface area contributed by atoms with Crippen molar-refractivity contribution < 1.29 is 42.9 Å². The summed E-state index contributed by atoms with van der Waals surface area (Å²) in [5.74, 6) is -0.770. The van der Waals surface area contributed by atoms with E-state index in [1.165, 1.54) is 12.4 Å². The van der Waals surface area contributed by atoms with Gasteiger partial charge in [-0.25, -0.2) is 14.6 Å². The Morgan fingerprint density at radius 3 is 2.19 bits per heavy atom. The molecule has 20 heteroatoms. The summed E-state index contributed by atoms with van der Waals surface area (Å²) in [6.45, 7) is 7.73. The van der Waals surface area contributed by atoms with Gasteiger partial charge in [0, 0.05) is 63.0 Å². The zero-order chi connectivity index (χ0) is 48.4. The number of nitrogens with zero attached hydrogens (tertiary/aromatic N) is 7. The number of imide groups is 2. The first kappa shape index (κ1) is 48.2. The van der Waals surface area contributed by atoms with E-state index in [1.807, 2.05) is 54.6 Å². The van der Waals surface area contributed by atoms with Gasteiger partial charge in [0.15, 0.2) is 5.65 Å². The van der Waals surface area contributed by atoms with Gasteiger partial charge < -0.3 is 35.3 Å². The van der Waals surface area contributed by atoms with Crippen LogP contribution in [0.25, 0.3) is 22.3 Å². The molecule has 1 unspecified atom stereocenters. The molecule has 1 aliphatic carbocycles. The number of nitrogens with one attached hydrogen (secondary N) is 3. The number of rotatable bonds is 21. The molecule has 0 radical (unpaired) electrons. The van der Waals surface area contributed by atoms with Crippen LogP contribution >= 0.6 is 0 Å². The number of ether oxygens (including phenoxy) is 4. The summed E-state index contributed by atoms with van der Waals surface area (Å²) in [5.41, 5.74) is 9.46. The smallest absolute Gasteiger partial charge is 0.264 e. The molecule has 3 fully saturated rings. The molecule has 0 spiro atoms. The van der Waals surface area contributed by atoms with Crippen molar-refractivity contribution in [1.29, 1.82) is 0 Å². The molecule has 3 aromatic carbocycles. The van der Waals surface area contributed by atoms with Crippen molar-refractivity contribution in [3.8, 4) is 22.8 Å². The second-order valence-electron chi connectivity index (χ2n) is 17.7. The van der Waals surface area contributed by atoms with Crippen molar-refractivity contribution >= 4 is 52.1 Å². The Labute approximate surface area is 405 Å². The topological polar surface area (TPSA) is 238 Å². The number of para-hydroxylation sites is 1. The highest BCUT2D eigenvalue weighted by molar-refractivity contribution is 6.25. The van der Waals surface area contributed by atoms with E-state index >= 15 is 0 Å². The second kappa shape index (κ2) is 22.7. The minimum absolute atomic E-state index is 0.0287. The van der Waals surface area contributed by atoms with Gasteiger partial charge in [-0.15, -0.1) is 0 Å². The van der Waals surface area contributed by atoms with Gasteiger partial charge in [0.05, 0.1) is 68.7 Å². The molecule has 4 aliphatic rings. The maximum absolute atomic E-state index is 13.3. The van der Waals surface area contributed by atoms with Crippen molar-refractivity contribution in [3.05, 3.63) is 90.3 Å². The maximum Gasteiger partial charge on any atom is 0.264 e. The number of hydrogen-bond acceptors (Lipinski definition) is 16. The van der Waals surface area contributed by atoms with Crippen LogP contribution in [0.15, 0.2) is 79.1 Å². The molecule has 3 aliphatic heterocycles. The number of nitrogens with two attached hydrogens (primary N) is 1. The fourth-order valence-electron chi connectivity index (χ4n) is 9.68. The third kappa shape index (κ3) is 11.3. The molecule has 20 nitrogen and oxygen atoms in total. The predicted molar refractivity (Wildman–Crippen MR) is 258 cm³/mol. The number of carbonyl (C=O) groups excluding carboxylic acids is 5. The number of piperidine rings is 1. The predicted octanol–water partition coefficient (Wildman–Crippen LogP) is 3.65. The van der Waals surface area contributed by atoms with Crippen LogP contribution in [0.5, 0.6) is 11.5 Å². The third-order valence-corrected chi connectivity index (χ3v) is 13.3. The Morgan fingerprint density at radius 1 is 0.743 bits per heavy atom. The Hall–Kier alpha value is -6.84. The molecular weight excluding hydrogens is 899 g/mol. The summed E-state index contributed by atoms with van der Waals surface area (Å²) >= 11 is 0. The van der Waals surface area contributed by atoms with Crippen molar-refractivity contribution in [2.75, 3.05) is 96.5 Å². The quantitative estimate of drug-likeness (QED) is 0.0607. The first-order chi connectivity index (χ1) is 34.2. The van der Waals surface area contributed by atoms with E-state index in [1.54, 1.807) is 12.1 Å². The number of aromatic nitrogens is 4. The highest BCUT2D eigenvalue weighted by Gasteiger charge is 2.45. The minimum Gasteiger partial charge on any atom is -0.457 e. The first-order valence-electron chi connectivity index (χ1n) is 24.1. The number of amides is 5. The monoisotopic (exact) mass is 957 g/mol. The van der Waals surface area contributed by atoms with E-state index in [0.29, 0.717) is 50.6 Å². The molecule has 0 bridgehead atoms. The van der Waals surface area contributed by atoms with E-state index in [9.17, 15) is 24.0 Å². The number of piperazine rings is 1. The van der Waals surface area contributed by atoms with E-state index in [4.69, 9.17) is 29.8 Å². The molecule has 5 heterocycles. The number of anilines is 2. The highest BCUT2D eigenvalue weighted by Crippen LogP contribution is 2.38. The number of hydrogen-bond donors (Lipinski definition) is 4. The van der Waals surface area contributed by atoms with Gasteiger partial charge in [-0.3, -0.25) is 44.0 Å². The van der Waals surface area contributed by atoms with Gasteiger partial charge in [0.2, 0.25) is 17.7 Å². The van der Waals surface area contributed by atoms with Crippen LogP contribution in [-0.2, 0) is 28.6 Å². The van der Waals surface area contributed by atoms with Crippen LogP contribution in [0.2, 0.25) is 0 Å². The van der Waals surface area contributed by atoms with Crippen LogP contribution in [0.3, 0.4) is 0 Å². The van der Waals surface area contributed by atoms with Gasteiger partial charge in [0.25, 0.3) is 11.8 Å². The average molecular weight is 958 g/mol. The normalized spacial score (nSPS) is 19.9. The molecule has 70 heavy (non-hydrogen) atoms. The zero-order valence-corrected chi connectivity index (χ0v) is 39.1. The standard InChI is InChI=1S/C50H59N11O9/c51-46-44-45(33-9-15-37(16-10-33)70-36-5-2-1-3-6-36)57-61(47(44)55-32-54-46)35-13-11-34(12-14-35)59-22-20-58(21-23-59)24-26-68-28-30-69-29-27-67-25-19-52-42(63)31-53-39-8-4-7-38-43(39)50(66)60(49(38)65)40-17-18-41(62)56-48(40)64/h1-10,15-16,32,34-35,40,53H,11-14,17-31H2,(H,52,63)(H2,51,54,55)(H,56,62,64)/t34-,35-,40?. The fraction of sp³-hybridized carbons (Fsp3) is 0.440. The summed E-state index contributed by atoms with van der Waals surface area (Å²) in [5, 5.41) is 13.8. The number of fused-ring (bicyclic) bond motifs is 2. The van der Waals surface area contributed by atoms with Gasteiger partial charge in [-0.1, -0.05) is 24.3 Å². The molecule has 5 amide bonds. The summed E-state index contributed by atoms with van der Waals surface area (Å²) in [6, 6.07) is 22.0. The Kier molecular flexibility index (Phi) is 15.6. The molecule has 9 rings (SSSR count). The fourth-order valence-corrected chi connectivity index (χ4v) is 9.68. The lowest BCUT2D eigenvalue weighted by molar-refractivity contribution is -0.136. The lowest BCUT2D eigenvalue weighted by atomic mass is 9.90. The second-order valence-corrected chi connectivity index (χ2v) is 17.7. The summed E-state index contributed by atoms with van der Waals surface area (Å²) in [4.78, 5) is 77.8. The minimum atomic E-state index is -1.07. The van der Waals surface area contributed by atoms with Crippen molar-refractivity contribution in [2.45, 2.75) is 56.7 Å². The summed E-state index contributed by atoms with van der Waals surface area (Å²) in [6.07, 6.45) is 5.84. The van der Waals surface area contributed by atoms with E-state index in [-0.39, 0.29) is 55.6 Å². The van der Waals surface area contributed by atoms with Gasteiger partial charge >= 0.3 is 0 Å². The van der Waals surface area contributed by atoms with Crippen LogP contribution in [0.1, 0.15) is 65.3 Å². The Morgan fingerprint density at radius 2 is 1.44 bits per heavy atom. The van der Waals surface area contributed by atoms with Gasteiger partial charge in [-0.05, 0) is 80.6 Å². The molecular formula is C50H59N11O9. The van der Waals surface area contributed by atoms with E-state index in [2.05, 4.69) is 40.4 Å². The Bertz CT molecular complexity index is 2650. The molecule has 2 aromatic heterocycles. The Balaban J connectivity index is 0.605. The lowest BCUT2D eigenvalue weighted by Gasteiger charge is -2.42. The lowest BCUT2D eigenvalue weighted by Crippen LogP contribution is -2.54. The SMILES string of the molecule is Nc1ncnc2c1c(-c1ccc(Oc3ccccc3)cc1)nn2[C@H]1CC[C@H](N2CCN(CCOCCOCCOCCNC(=O)CNc3cccc4c3C(=O)N(C3CCC(=O)NC3=O)C4=O)CC2)CC1. The third-order valence-electron chi connectivity index (χ3n) is 13.3. The maximum atomic E-state index is 13.3. The number of benzene rings is 3. The molecule has 368 valence electrons. The summed E-state index contributed by atoms with van der Waals surface area (Å²) in [7, 11) is 0. The van der Waals surface area contributed by atoms with E-state index < -0.39 is 29.7 Å². The van der Waals surface area contributed by atoms with Crippen LogP contribution < -0.4 is 26.4 Å². The van der Waals surface area contributed by atoms with Crippen LogP contribution in [-0.4, -0.2) is 162 Å². The highest BCUT2D eigenvalue weighted by atomic mass is 16.5. The first-order valence-corrected chi connectivity index (χ1v) is 24.1. The molecule has 2 saturated heterocycles. The van der Waals surface area contributed by atoms with Crippen LogP contribution in [0.4, 0.5) is 11.5 Å². The molecule has 5 aromatic rings. The number of nitrogen functional groups attached to an aromatic ring is 1. The van der Waals surface area contributed by atoms with Gasteiger partial charge in [-0.2, -0.15) is 5.10 Å². The van der Waals surface area contributed by atoms with Crippen molar-refractivity contribution in [2.24, 2.45) is 0 Å². The van der Waals surface area contributed by atoms with E-state index in [0.717, 1.165) is 97.1 Å². The van der Waals surface area contributed by atoms with Crippen molar-refractivity contribution in [1.82, 2.24) is 45.1 Å². The molecule has 1 atom stereocenters. The number of carbonyl (C=O) groups is 5. The molecule has 5 N–H and O–H groups in total. The molecule has 1 saturated carbocycles. The largest absolute Gasteiger partial charge is 0.457 e. The van der Waals surface area contributed by atoms with Gasteiger partial charge in [0.1, 0.15) is 35.4 Å².